The SMILES string of the molecule is COCC(COCc1ccc(C#Cc2ccc3ccc4cccc5ccc2c3c45)cc1)OP(C)(=O)O. The topological polar surface area (TPSA) is 65.0 Å². The van der Waals surface area contributed by atoms with Crippen molar-refractivity contribution >= 4 is 39.9 Å². The van der Waals surface area contributed by atoms with Gasteiger partial charge in [-0.3, -0.25) is 4.57 Å². The maximum absolute atomic E-state index is 11.5. The van der Waals surface area contributed by atoms with Crippen LogP contribution in [0.3, 0.4) is 0 Å². The molecule has 2 atom stereocenters. The number of hydrogen-bond acceptors (Lipinski definition) is 4. The van der Waals surface area contributed by atoms with Gasteiger partial charge in [-0.2, -0.15) is 0 Å². The molecule has 0 bridgehead atoms. The molecule has 0 radical (unpaired) electrons. The molecule has 0 aliphatic heterocycles. The van der Waals surface area contributed by atoms with E-state index in [1.165, 1.54) is 39.4 Å². The van der Waals surface area contributed by atoms with Gasteiger partial charge >= 0.3 is 7.60 Å². The van der Waals surface area contributed by atoms with Crippen LogP contribution in [0, 0.1) is 11.8 Å². The minimum Gasteiger partial charge on any atom is -0.382 e. The van der Waals surface area contributed by atoms with Gasteiger partial charge in [-0.1, -0.05) is 72.5 Å². The molecule has 2 unspecified atom stereocenters. The van der Waals surface area contributed by atoms with E-state index in [0.717, 1.165) is 23.4 Å². The fraction of sp³-hybridized carbons (Fsp3) is 0.200. The molecule has 0 aliphatic carbocycles. The molecular weight excluding hydrogens is 471 g/mol. The first-order chi connectivity index (χ1) is 17.4. The molecule has 5 nitrogen and oxygen atoms in total. The number of rotatable bonds is 8. The van der Waals surface area contributed by atoms with Gasteiger partial charge in [0.05, 0.1) is 19.8 Å². The number of ether oxygens (including phenoxy) is 2. The average molecular weight is 499 g/mol. The van der Waals surface area contributed by atoms with E-state index in [2.05, 4.69) is 66.4 Å². The lowest BCUT2D eigenvalue weighted by Crippen LogP contribution is -2.24. The summed E-state index contributed by atoms with van der Waals surface area (Å²) in [7, 11) is -2.10. The van der Waals surface area contributed by atoms with Gasteiger partial charge in [-0.25, -0.2) is 0 Å². The molecule has 1 N–H and O–H groups in total. The maximum Gasteiger partial charge on any atom is 0.325 e. The first-order valence-electron chi connectivity index (χ1n) is 11.7. The maximum atomic E-state index is 11.5. The molecule has 36 heavy (non-hydrogen) atoms. The zero-order valence-electron chi connectivity index (χ0n) is 20.2. The van der Waals surface area contributed by atoms with E-state index < -0.39 is 13.7 Å². The highest BCUT2D eigenvalue weighted by atomic mass is 31.2. The van der Waals surface area contributed by atoms with E-state index in [1.807, 2.05) is 24.3 Å². The highest BCUT2D eigenvalue weighted by molar-refractivity contribution is 7.51. The third-order valence-electron chi connectivity index (χ3n) is 6.09. The molecule has 0 saturated carbocycles. The van der Waals surface area contributed by atoms with E-state index in [-0.39, 0.29) is 13.2 Å². The first-order valence-corrected chi connectivity index (χ1v) is 13.8. The molecule has 6 heteroatoms. The lowest BCUT2D eigenvalue weighted by atomic mass is 9.92. The van der Waals surface area contributed by atoms with Crippen molar-refractivity contribution in [2.75, 3.05) is 27.0 Å². The van der Waals surface area contributed by atoms with Gasteiger partial charge in [0.15, 0.2) is 0 Å². The Bertz CT molecular complexity index is 1590. The minimum atomic E-state index is -3.61. The second kappa shape index (κ2) is 10.4. The Morgan fingerprint density at radius 2 is 1.50 bits per heavy atom. The molecule has 182 valence electrons. The normalized spacial score (nSPS) is 14.1. The number of benzene rings is 5. The fourth-order valence-electron chi connectivity index (χ4n) is 4.55. The largest absolute Gasteiger partial charge is 0.382 e. The molecule has 0 aliphatic rings. The molecule has 0 aromatic heterocycles. The average Bonchev–Trinajstić information content (AvgIpc) is 2.86. The fourth-order valence-corrected chi connectivity index (χ4v) is 5.22. The molecular formula is C30H27O5P. The van der Waals surface area contributed by atoms with Crippen molar-refractivity contribution in [3.05, 3.63) is 95.6 Å². The van der Waals surface area contributed by atoms with Crippen molar-refractivity contribution in [1.82, 2.24) is 0 Å². The van der Waals surface area contributed by atoms with Gasteiger partial charge < -0.3 is 18.9 Å². The van der Waals surface area contributed by atoms with Crippen LogP contribution in [0.25, 0.3) is 32.3 Å². The van der Waals surface area contributed by atoms with Crippen molar-refractivity contribution in [3.8, 4) is 11.8 Å². The number of methoxy groups -OCH3 is 1. The van der Waals surface area contributed by atoms with Crippen molar-refractivity contribution in [3.63, 3.8) is 0 Å². The zero-order valence-corrected chi connectivity index (χ0v) is 21.1. The van der Waals surface area contributed by atoms with E-state index >= 15 is 0 Å². The summed E-state index contributed by atoms with van der Waals surface area (Å²) in [5, 5.41) is 7.44. The van der Waals surface area contributed by atoms with Crippen LogP contribution >= 0.6 is 7.60 Å². The van der Waals surface area contributed by atoms with Crippen LogP contribution < -0.4 is 0 Å². The van der Waals surface area contributed by atoms with Gasteiger partial charge in [0.1, 0.15) is 6.10 Å². The standard InChI is InChI=1S/C30H27O5P/c1-33-19-27(35-36(2,31)32)20-34-18-22-8-6-21(7-9-22)10-11-23-12-13-26-15-14-24-4-3-5-25-16-17-28(23)30(26)29(24)25/h3-9,12-17,27H,18-20H2,1-2H3,(H,31,32). The second-order valence-corrected chi connectivity index (χ2v) is 10.7. The van der Waals surface area contributed by atoms with E-state index in [1.54, 1.807) is 0 Å². The molecule has 0 spiro atoms. The summed E-state index contributed by atoms with van der Waals surface area (Å²) < 4.78 is 27.3. The highest BCUT2D eigenvalue weighted by Crippen LogP contribution is 2.38. The Balaban J connectivity index is 1.31. The molecule has 5 rings (SSSR count). The summed E-state index contributed by atoms with van der Waals surface area (Å²) in [6.45, 7) is 1.84. The monoisotopic (exact) mass is 498 g/mol. The van der Waals surface area contributed by atoms with Crippen LogP contribution in [0.15, 0.2) is 78.9 Å². The van der Waals surface area contributed by atoms with E-state index in [0.29, 0.717) is 6.61 Å². The smallest absolute Gasteiger partial charge is 0.325 e. The summed E-state index contributed by atoms with van der Waals surface area (Å²) in [4.78, 5) is 9.43. The molecule has 0 fully saturated rings. The number of hydrogen-bond donors (Lipinski definition) is 1. The van der Waals surface area contributed by atoms with Crippen LogP contribution in [-0.2, 0) is 25.2 Å². The van der Waals surface area contributed by atoms with Crippen molar-refractivity contribution in [2.24, 2.45) is 0 Å². The van der Waals surface area contributed by atoms with Crippen LogP contribution in [-0.4, -0.2) is 38.0 Å². The van der Waals surface area contributed by atoms with E-state index in [9.17, 15) is 9.46 Å². The Labute approximate surface area is 210 Å². The lowest BCUT2D eigenvalue weighted by Gasteiger charge is -2.18. The Morgan fingerprint density at radius 1 is 0.833 bits per heavy atom. The van der Waals surface area contributed by atoms with Crippen molar-refractivity contribution in [1.29, 1.82) is 0 Å². The summed E-state index contributed by atoms with van der Waals surface area (Å²) >= 11 is 0. The molecule has 0 heterocycles. The van der Waals surface area contributed by atoms with Crippen molar-refractivity contribution < 1.29 is 23.5 Å². The summed E-state index contributed by atoms with van der Waals surface area (Å²) in [6.07, 6.45) is -0.605. The van der Waals surface area contributed by atoms with E-state index in [4.69, 9.17) is 14.0 Å². The van der Waals surface area contributed by atoms with Crippen LogP contribution in [0.1, 0.15) is 16.7 Å². The second-order valence-electron chi connectivity index (χ2n) is 8.92. The minimum absolute atomic E-state index is 0.155. The van der Waals surface area contributed by atoms with Crippen LogP contribution in [0.2, 0.25) is 0 Å². The zero-order chi connectivity index (χ0) is 25.1. The van der Waals surface area contributed by atoms with Gasteiger partial charge in [0, 0.05) is 24.9 Å². The molecule has 5 aromatic carbocycles. The van der Waals surface area contributed by atoms with Crippen LogP contribution in [0.5, 0.6) is 0 Å². The van der Waals surface area contributed by atoms with Crippen LogP contribution in [0.4, 0.5) is 0 Å². The summed E-state index contributed by atoms with van der Waals surface area (Å²) in [5.41, 5.74) is 2.90. The quantitative estimate of drug-likeness (QED) is 0.154. The molecule has 5 aromatic rings. The predicted molar refractivity (Wildman–Crippen MR) is 145 cm³/mol. The van der Waals surface area contributed by atoms with Gasteiger partial charge in [-0.05, 0) is 56.1 Å². The molecule has 0 amide bonds. The Morgan fingerprint density at radius 3 is 2.19 bits per heavy atom. The highest BCUT2D eigenvalue weighted by Gasteiger charge is 2.19. The van der Waals surface area contributed by atoms with Gasteiger partial charge in [0.25, 0.3) is 0 Å². The van der Waals surface area contributed by atoms with Gasteiger partial charge in [-0.15, -0.1) is 0 Å². The summed E-state index contributed by atoms with van der Waals surface area (Å²) in [6, 6.07) is 27.2. The van der Waals surface area contributed by atoms with Gasteiger partial charge in [0.2, 0.25) is 0 Å². The predicted octanol–water partition coefficient (Wildman–Crippen LogP) is 6.35. The third-order valence-corrected chi connectivity index (χ3v) is 6.78. The van der Waals surface area contributed by atoms with Crippen molar-refractivity contribution in [2.45, 2.75) is 12.7 Å². The molecule has 0 saturated heterocycles. The summed E-state index contributed by atoms with van der Waals surface area (Å²) in [5.74, 6) is 6.66. The Kier molecular flexibility index (Phi) is 7.07. The third kappa shape index (κ3) is 5.44. The Hall–Kier alpha value is -3.23. The lowest BCUT2D eigenvalue weighted by molar-refractivity contribution is -0.00236. The first kappa shape index (κ1) is 24.5.